The minimum Gasteiger partial charge on any atom is -0.365 e. The Labute approximate surface area is 125 Å². The van der Waals surface area contributed by atoms with E-state index >= 15 is 0 Å². The van der Waals surface area contributed by atoms with E-state index in [0.29, 0.717) is 5.52 Å². The molecule has 1 aromatic heterocycles. The van der Waals surface area contributed by atoms with Crippen LogP contribution in [0.1, 0.15) is 11.1 Å². The molecule has 7 heteroatoms. The minimum atomic E-state index is -0.470. The summed E-state index contributed by atoms with van der Waals surface area (Å²) in [4.78, 5) is 12.7. The van der Waals surface area contributed by atoms with Crippen molar-refractivity contribution < 1.29 is 9.55 Å². The summed E-state index contributed by atoms with van der Waals surface area (Å²) in [5.41, 5.74) is 3.97. The maximum absolute atomic E-state index is 11.0. The molecule has 0 saturated carbocycles. The molecule has 0 spiro atoms. The van der Waals surface area contributed by atoms with Crippen molar-refractivity contribution in [3.8, 4) is 0 Å². The Morgan fingerprint density at radius 2 is 1.86 bits per heavy atom. The van der Waals surface area contributed by atoms with Gasteiger partial charge in [0.1, 0.15) is 0 Å². The van der Waals surface area contributed by atoms with Gasteiger partial charge < -0.3 is 4.90 Å². The molecule has 0 fully saturated rings. The third-order valence-corrected chi connectivity index (χ3v) is 4.04. The maximum atomic E-state index is 11.0. The number of nitro groups is 1. The third kappa shape index (κ3) is 1.90. The number of hydrogen-bond donors (Lipinski definition) is 0. The molecule has 0 radical (unpaired) electrons. The number of hydrogen-bond acceptors (Lipinski definition) is 6. The lowest BCUT2D eigenvalue weighted by molar-refractivity contribution is -0.383. The fraction of sp³-hybridized carbons (Fsp3) is 0.200. The van der Waals surface area contributed by atoms with Crippen LogP contribution in [0.5, 0.6) is 0 Å². The van der Waals surface area contributed by atoms with Gasteiger partial charge in [0.15, 0.2) is 5.52 Å². The van der Waals surface area contributed by atoms with Gasteiger partial charge in [0.25, 0.3) is 0 Å². The van der Waals surface area contributed by atoms with Gasteiger partial charge in [0, 0.05) is 19.2 Å². The fourth-order valence-corrected chi connectivity index (χ4v) is 2.94. The highest BCUT2D eigenvalue weighted by atomic mass is 16.6. The monoisotopic (exact) mass is 296 g/mol. The summed E-state index contributed by atoms with van der Waals surface area (Å²) < 4.78 is 4.73. The van der Waals surface area contributed by atoms with Crippen molar-refractivity contribution in [2.24, 2.45) is 0 Å². The van der Waals surface area contributed by atoms with Gasteiger partial charge in [-0.15, -0.1) is 0 Å². The van der Waals surface area contributed by atoms with Crippen LogP contribution in [0.15, 0.2) is 41.0 Å². The summed E-state index contributed by atoms with van der Waals surface area (Å²) in [7, 11) is 0. The Morgan fingerprint density at radius 1 is 1.09 bits per heavy atom. The maximum Gasteiger partial charge on any atom is 0.300 e. The largest absolute Gasteiger partial charge is 0.365 e. The van der Waals surface area contributed by atoms with E-state index in [-0.39, 0.29) is 11.2 Å². The van der Waals surface area contributed by atoms with E-state index in [9.17, 15) is 10.1 Å². The Hall–Kier alpha value is -2.96. The summed E-state index contributed by atoms with van der Waals surface area (Å²) in [5, 5.41) is 18.6. The molecule has 0 bridgehead atoms. The molecule has 1 aliphatic heterocycles. The van der Waals surface area contributed by atoms with Gasteiger partial charge in [0.2, 0.25) is 5.52 Å². The first-order chi connectivity index (χ1) is 10.7. The standard InChI is InChI=1S/C15H12N4O3/c20-19(21)13-6-5-12(14-15(13)17-22-16-14)18-8-7-10-3-1-2-4-11(10)9-18/h1-6H,7-9H2. The van der Waals surface area contributed by atoms with Crippen LogP contribution in [-0.2, 0) is 13.0 Å². The topological polar surface area (TPSA) is 85.3 Å². The van der Waals surface area contributed by atoms with Gasteiger partial charge in [-0.2, -0.15) is 0 Å². The Kier molecular flexibility index (Phi) is 2.78. The molecule has 7 nitrogen and oxygen atoms in total. The number of fused-ring (bicyclic) bond motifs is 2. The van der Waals surface area contributed by atoms with Crippen LogP contribution in [0.25, 0.3) is 11.0 Å². The summed E-state index contributed by atoms with van der Waals surface area (Å²) >= 11 is 0. The Morgan fingerprint density at radius 3 is 2.68 bits per heavy atom. The molecule has 0 aliphatic carbocycles. The van der Waals surface area contributed by atoms with Gasteiger partial charge in [-0.3, -0.25) is 10.1 Å². The number of nitrogens with zero attached hydrogens (tertiary/aromatic N) is 4. The van der Waals surface area contributed by atoms with Crippen LogP contribution in [0.3, 0.4) is 0 Å². The van der Waals surface area contributed by atoms with Crippen molar-refractivity contribution >= 4 is 22.4 Å². The normalized spacial score (nSPS) is 14.1. The highest BCUT2D eigenvalue weighted by Crippen LogP contribution is 2.33. The van der Waals surface area contributed by atoms with E-state index in [4.69, 9.17) is 4.63 Å². The SMILES string of the molecule is O=[N+]([O-])c1ccc(N2CCc3ccccc3C2)c2nonc12. The molecular formula is C15H12N4O3. The van der Waals surface area contributed by atoms with Crippen molar-refractivity contribution in [1.82, 2.24) is 10.3 Å². The van der Waals surface area contributed by atoms with Crippen molar-refractivity contribution in [3.63, 3.8) is 0 Å². The number of nitro benzene ring substituents is 1. The van der Waals surface area contributed by atoms with Crippen LogP contribution in [0.2, 0.25) is 0 Å². The average molecular weight is 296 g/mol. The van der Waals surface area contributed by atoms with Crippen LogP contribution in [0.4, 0.5) is 11.4 Å². The minimum absolute atomic E-state index is 0.0857. The first-order valence-electron chi connectivity index (χ1n) is 6.95. The second-order valence-electron chi connectivity index (χ2n) is 5.26. The van der Waals surface area contributed by atoms with E-state index in [1.165, 1.54) is 17.2 Å². The van der Waals surface area contributed by atoms with E-state index in [1.807, 2.05) is 12.1 Å². The van der Waals surface area contributed by atoms with Crippen molar-refractivity contribution in [3.05, 3.63) is 57.6 Å². The zero-order chi connectivity index (χ0) is 15.1. The molecule has 2 heterocycles. The van der Waals surface area contributed by atoms with E-state index in [2.05, 4.69) is 27.3 Å². The first-order valence-corrected chi connectivity index (χ1v) is 6.95. The zero-order valence-electron chi connectivity index (χ0n) is 11.6. The van der Waals surface area contributed by atoms with Crippen molar-refractivity contribution in [2.45, 2.75) is 13.0 Å². The van der Waals surface area contributed by atoms with Gasteiger partial charge in [-0.1, -0.05) is 24.3 Å². The average Bonchev–Trinajstić information content (AvgIpc) is 3.02. The van der Waals surface area contributed by atoms with Gasteiger partial charge >= 0.3 is 5.69 Å². The first kappa shape index (κ1) is 12.8. The molecule has 2 aromatic carbocycles. The van der Waals surface area contributed by atoms with E-state index in [0.717, 1.165) is 25.2 Å². The molecule has 0 saturated heterocycles. The predicted octanol–water partition coefficient (Wildman–Crippen LogP) is 2.69. The molecule has 0 atom stereocenters. The van der Waals surface area contributed by atoms with Gasteiger partial charge in [-0.25, -0.2) is 4.63 Å². The Balaban J connectivity index is 1.78. The number of non-ortho nitro benzene ring substituents is 1. The van der Waals surface area contributed by atoms with Crippen LogP contribution < -0.4 is 4.90 Å². The molecule has 22 heavy (non-hydrogen) atoms. The van der Waals surface area contributed by atoms with Crippen LogP contribution >= 0.6 is 0 Å². The molecule has 1 aliphatic rings. The second-order valence-corrected chi connectivity index (χ2v) is 5.26. The van der Waals surface area contributed by atoms with E-state index in [1.54, 1.807) is 6.07 Å². The highest BCUT2D eigenvalue weighted by Gasteiger charge is 2.24. The third-order valence-electron chi connectivity index (χ3n) is 4.04. The zero-order valence-corrected chi connectivity index (χ0v) is 11.6. The molecule has 4 rings (SSSR count). The predicted molar refractivity (Wildman–Crippen MR) is 79.7 cm³/mol. The number of rotatable bonds is 2. The van der Waals surface area contributed by atoms with E-state index < -0.39 is 4.92 Å². The lowest BCUT2D eigenvalue weighted by atomic mass is 9.99. The Bertz CT molecular complexity index is 874. The highest BCUT2D eigenvalue weighted by molar-refractivity contribution is 5.93. The van der Waals surface area contributed by atoms with Crippen molar-refractivity contribution in [1.29, 1.82) is 0 Å². The molecular weight excluding hydrogens is 284 g/mol. The molecule has 3 aromatic rings. The van der Waals surface area contributed by atoms with Gasteiger partial charge in [0.05, 0.1) is 10.6 Å². The lowest BCUT2D eigenvalue weighted by Gasteiger charge is -2.30. The fourth-order valence-electron chi connectivity index (χ4n) is 2.94. The number of anilines is 1. The summed E-state index contributed by atoms with van der Waals surface area (Å²) in [6, 6.07) is 11.5. The number of benzene rings is 2. The summed E-state index contributed by atoms with van der Waals surface area (Å²) in [5.74, 6) is 0. The van der Waals surface area contributed by atoms with Gasteiger partial charge in [-0.05, 0) is 33.9 Å². The van der Waals surface area contributed by atoms with Crippen molar-refractivity contribution in [2.75, 3.05) is 11.4 Å². The summed E-state index contributed by atoms with van der Waals surface area (Å²) in [6.07, 6.45) is 0.930. The molecule has 0 N–H and O–H groups in total. The quantitative estimate of drug-likeness (QED) is 0.534. The summed E-state index contributed by atoms with van der Waals surface area (Å²) in [6.45, 7) is 1.58. The molecule has 0 amide bonds. The molecule has 110 valence electrons. The second kappa shape index (κ2) is 4.80. The number of aromatic nitrogens is 2. The molecule has 0 unspecified atom stereocenters. The van der Waals surface area contributed by atoms with Crippen LogP contribution in [0, 0.1) is 10.1 Å². The van der Waals surface area contributed by atoms with Crippen LogP contribution in [-0.4, -0.2) is 21.8 Å². The lowest BCUT2D eigenvalue weighted by Crippen LogP contribution is -2.30. The smallest absolute Gasteiger partial charge is 0.300 e.